The van der Waals surface area contributed by atoms with Gasteiger partial charge in [0, 0.05) is 56.5 Å². The van der Waals surface area contributed by atoms with Gasteiger partial charge in [0.1, 0.15) is 0 Å². The molecule has 3 aliphatic heterocycles. The monoisotopic (exact) mass is 471 g/mol. The Morgan fingerprint density at radius 3 is 2.44 bits per heavy atom. The molecule has 192 valence electrons. The highest BCUT2D eigenvalue weighted by Crippen LogP contribution is 2.43. The Balaban J connectivity index is 1.05. The number of likely N-dealkylation sites (tertiary alicyclic amines) is 2. The average Bonchev–Trinajstić information content (AvgIpc) is 3.47. The number of nitrogens with zero attached hydrogens (tertiary/aromatic N) is 3. The standard InChI is InChI=1S/C28H49N5O/c1-22(29)19-26-30-14-18-32(26)20-23-7-9-24(10-8-23)27(34)33-17-13-28(21-33)11-15-31(16-12-28)25-5-3-2-4-6-25/h14,18,22-26,30H,2-13,15-17,19-21,29H2,1H3. The van der Waals surface area contributed by atoms with Crippen LogP contribution in [0.15, 0.2) is 12.4 Å². The predicted molar refractivity (Wildman–Crippen MR) is 138 cm³/mol. The summed E-state index contributed by atoms with van der Waals surface area (Å²) >= 11 is 0. The van der Waals surface area contributed by atoms with Crippen molar-refractivity contribution in [3.05, 3.63) is 12.4 Å². The summed E-state index contributed by atoms with van der Waals surface area (Å²) in [5.41, 5.74) is 6.45. The molecule has 6 nitrogen and oxygen atoms in total. The smallest absolute Gasteiger partial charge is 0.225 e. The summed E-state index contributed by atoms with van der Waals surface area (Å²) in [4.78, 5) is 20.9. The number of hydrogen-bond donors (Lipinski definition) is 2. The van der Waals surface area contributed by atoms with E-state index in [-0.39, 0.29) is 12.0 Å². The molecule has 6 heteroatoms. The quantitative estimate of drug-likeness (QED) is 0.615. The van der Waals surface area contributed by atoms with Crippen molar-refractivity contribution < 1.29 is 4.79 Å². The molecule has 0 radical (unpaired) electrons. The first-order valence-electron chi connectivity index (χ1n) is 14.5. The van der Waals surface area contributed by atoms with E-state index < -0.39 is 0 Å². The summed E-state index contributed by atoms with van der Waals surface area (Å²) in [7, 11) is 0. The van der Waals surface area contributed by atoms with E-state index in [1.165, 1.54) is 77.3 Å². The number of carbonyl (C=O) groups excluding carboxylic acids is 1. The van der Waals surface area contributed by atoms with Gasteiger partial charge < -0.3 is 25.8 Å². The maximum absolute atomic E-state index is 13.4. The van der Waals surface area contributed by atoms with E-state index in [4.69, 9.17) is 5.73 Å². The second kappa shape index (κ2) is 10.8. The van der Waals surface area contributed by atoms with Gasteiger partial charge in [0.05, 0.1) is 6.17 Å². The third-order valence-electron chi connectivity index (χ3n) is 9.91. The zero-order chi connectivity index (χ0) is 23.5. The lowest BCUT2D eigenvalue weighted by molar-refractivity contribution is -0.136. The summed E-state index contributed by atoms with van der Waals surface area (Å²) in [6.07, 6.45) is 21.0. The first kappa shape index (κ1) is 24.4. The average molecular weight is 472 g/mol. The summed E-state index contributed by atoms with van der Waals surface area (Å²) < 4.78 is 0. The van der Waals surface area contributed by atoms with Crippen molar-refractivity contribution in [2.45, 2.75) is 109 Å². The first-order chi connectivity index (χ1) is 16.5. The molecule has 3 N–H and O–H groups in total. The number of nitrogens with two attached hydrogens (primary N) is 1. The SMILES string of the molecule is CC(N)CC1NC=CN1CC1CCC(C(=O)N2CCC3(CCN(C4CCCCC4)CC3)C2)CC1. The van der Waals surface area contributed by atoms with Crippen molar-refractivity contribution in [1.29, 1.82) is 0 Å². The van der Waals surface area contributed by atoms with Crippen molar-refractivity contribution >= 4 is 5.91 Å². The maximum Gasteiger partial charge on any atom is 0.225 e. The van der Waals surface area contributed by atoms with Crippen molar-refractivity contribution in [3.8, 4) is 0 Å². The van der Waals surface area contributed by atoms with E-state index in [1.54, 1.807) is 0 Å². The Labute approximate surface area is 207 Å². The third-order valence-corrected chi connectivity index (χ3v) is 9.91. The van der Waals surface area contributed by atoms with Crippen molar-refractivity contribution in [1.82, 2.24) is 20.0 Å². The van der Waals surface area contributed by atoms with Crippen LogP contribution in [0.5, 0.6) is 0 Å². The molecule has 2 aliphatic carbocycles. The zero-order valence-corrected chi connectivity index (χ0v) is 21.6. The highest BCUT2D eigenvalue weighted by Gasteiger charge is 2.44. The summed E-state index contributed by atoms with van der Waals surface area (Å²) in [6, 6.07) is 1.05. The molecule has 2 unspecified atom stereocenters. The fourth-order valence-electron chi connectivity index (χ4n) is 7.68. The van der Waals surface area contributed by atoms with Crippen LogP contribution < -0.4 is 11.1 Å². The summed E-state index contributed by atoms with van der Waals surface area (Å²) in [6.45, 7) is 7.74. The largest absolute Gasteiger partial charge is 0.370 e. The fourth-order valence-corrected chi connectivity index (χ4v) is 7.68. The van der Waals surface area contributed by atoms with Crippen molar-refractivity contribution in [2.75, 3.05) is 32.7 Å². The summed E-state index contributed by atoms with van der Waals surface area (Å²) in [5.74, 6) is 1.43. The molecular formula is C28H49N5O. The van der Waals surface area contributed by atoms with Crippen LogP contribution in [0.25, 0.3) is 0 Å². The Bertz CT molecular complexity index is 702. The van der Waals surface area contributed by atoms with E-state index in [0.29, 0.717) is 23.4 Å². The Kier molecular flexibility index (Phi) is 7.74. The molecule has 0 bridgehead atoms. The molecule has 0 aromatic carbocycles. The van der Waals surface area contributed by atoms with Crippen LogP contribution in [-0.4, -0.2) is 71.6 Å². The molecule has 1 amide bonds. The lowest BCUT2D eigenvalue weighted by atomic mass is 9.76. The van der Waals surface area contributed by atoms with E-state index in [0.717, 1.165) is 44.9 Å². The van der Waals surface area contributed by atoms with Crippen LogP contribution in [0.4, 0.5) is 0 Å². The number of hydrogen-bond acceptors (Lipinski definition) is 5. The molecule has 5 aliphatic rings. The fraction of sp³-hybridized carbons (Fsp3) is 0.893. The van der Waals surface area contributed by atoms with Crippen molar-refractivity contribution in [3.63, 3.8) is 0 Å². The van der Waals surface area contributed by atoms with Crippen LogP contribution >= 0.6 is 0 Å². The second-order valence-corrected chi connectivity index (χ2v) is 12.5. The molecule has 34 heavy (non-hydrogen) atoms. The lowest BCUT2D eigenvalue weighted by Crippen LogP contribution is -2.47. The molecule has 5 rings (SSSR count). The van der Waals surface area contributed by atoms with Gasteiger partial charge in [-0.1, -0.05) is 19.3 Å². The predicted octanol–water partition coefficient (Wildman–Crippen LogP) is 3.88. The molecular weight excluding hydrogens is 422 g/mol. The second-order valence-electron chi connectivity index (χ2n) is 12.5. The molecule has 3 heterocycles. The van der Waals surface area contributed by atoms with Crippen LogP contribution in [0.3, 0.4) is 0 Å². The maximum atomic E-state index is 13.4. The molecule has 2 saturated carbocycles. The van der Waals surface area contributed by atoms with Crippen LogP contribution in [-0.2, 0) is 4.79 Å². The number of carbonyl (C=O) groups is 1. The van der Waals surface area contributed by atoms with Gasteiger partial charge in [0.25, 0.3) is 0 Å². The van der Waals surface area contributed by atoms with Gasteiger partial charge in [-0.3, -0.25) is 4.79 Å². The number of amides is 1. The van der Waals surface area contributed by atoms with Crippen LogP contribution in [0, 0.1) is 17.3 Å². The van der Waals surface area contributed by atoms with E-state index in [2.05, 4.69) is 39.3 Å². The third kappa shape index (κ3) is 5.59. The number of rotatable bonds is 6. The number of piperidine rings is 1. The Hall–Kier alpha value is -1.27. The molecule has 2 atom stereocenters. The van der Waals surface area contributed by atoms with Gasteiger partial charge >= 0.3 is 0 Å². The Morgan fingerprint density at radius 1 is 1.03 bits per heavy atom. The van der Waals surface area contributed by atoms with Gasteiger partial charge in [-0.2, -0.15) is 0 Å². The zero-order valence-electron chi connectivity index (χ0n) is 21.6. The normalized spacial score (nSPS) is 33.4. The minimum atomic E-state index is 0.205. The van der Waals surface area contributed by atoms with E-state index >= 15 is 0 Å². The van der Waals surface area contributed by atoms with Crippen LogP contribution in [0.2, 0.25) is 0 Å². The minimum Gasteiger partial charge on any atom is -0.370 e. The molecule has 2 saturated heterocycles. The minimum absolute atomic E-state index is 0.205. The van der Waals surface area contributed by atoms with Gasteiger partial charge in [-0.05, 0) is 89.1 Å². The van der Waals surface area contributed by atoms with Gasteiger partial charge in [-0.25, -0.2) is 0 Å². The molecule has 4 fully saturated rings. The summed E-state index contributed by atoms with van der Waals surface area (Å²) in [5, 5.41) is 3.44. The van der Waals surface area contributed by atoms with Gasteiger partial charge in [0.2, 0.25) is 5.91 Å². The van der Waals surface area contributed by atoms with Crippen LogP contribution in [0.1, 0.15) is 90.4 Å². The highest BCUT2D eigenvalue weighted by atomic mass is 16.2. The molecule has 1 spiro atoms. The molecule has 0 aromatic rings. The Morgan fingerprint density at radius 2 is 1.74 bits per heavy atom. The van der Waals surface area contributed by atoms with Gasteiger partial charge in [-0.15, -0.1) is 0 Å². The highest BCUT2D eigenvalue weighted by molar-refractivity contribution is 5.79. The lowest BCUT2D eigenvalue weighted by Gasteiger charge is -2.44. The molecule has 0 aromatic heterocycles. The number of nitrogens with one attached hydrogen (secondary N) is 1. The first-order valence-corrected chi connectivity index (χ1v) is 14.5. The topological polar surface area (TPSA) is 64.8 Å². The van der Waals surface area contributed by atoms with Crippen molar-refractivity contribution in [2.24, 2.45) is 23.0 Å². The van der Waals surface area contributed by atoms with E-state index in [9.17, 15) is 4.79 Å². The van der Waals surface area contributed by atoms with Gasteiger partial charge in [0.15, 0.2) is 0 Å². The van der Waals surface area contributed by atoms with E-state index in [1.807, 2.05) is 0 Å².